The molecule has 0 radical (unpaired) electrons. The van der Waals surface area contributed by atoms with Gasteiger partial charge in [0.2, 0.25) is 5.90 Å². The van der Waals surface area contributed by atoms with E-state index in [1.807, 2.05) is 60.7 Å². The van der Waals surface area contributed by atoms with Crippen LogP contribution in [0.25, 0.3) is 10.4 Å². The van der Waals surface area contributed by atoms with Crippen LogP contribution in [0.2, 0.25) is 0 Å². The van der Waals surface area contributed by atoms with Gasteiger partial charge in [0.05, 0.1) is 13.7 Å². The van der Waals surface area contributed by atoms with Crippen LogP contribution in [0.3, 0.4) is 0 Å². The summed E-state index contributed by atoms with van der Waals surface area (Å²) in [5, 5.41) is 16.2. The number of carbonyl (C=O) groups excluding carboxylic acids is 1. The second-order valence-corrected chi connectivity index (χ2v) is 11.3. The largest absolute Gasteiger partial charge is 0.497 e. The summed E-state index contributed by atoms with van der Waals surface area (Å²) < 4.78 is 17.9. The summed E-state index contributed by atoms with van der Waals surface area (Å²) in [6.45, 7) is 1.02. The molecule has 44 heavy (non-hydrogen) atoms. The Morgan fingerprint density at radius 3 is 2.64 bits per heavy atom. The van der Waals surface area contributed by atoms with Gasteiger partial charge >= 0.3 is 0 Å². The number of carbonyl (C=O) groups is 1. The first-order valence-electron chi connectivity index (χ1n) is 15.2. The van der Waals surface area contributed by atoms with Crippen molar-refractivity contribution in [1.29, 1.82) is 0 Å². The van der Waals surface area contributed by atoms with E-state index >= 15 is 0 Å². The number of azide groups is 1. The monoisotopic (exact) mass is 597 g/mol. The van der Waals surface area contributed by atoms with Crippen LogP contribution in [0.5, 0.6) is 11.5 Å². The van der Waals surface area contributed by atoms with Crippen molar-refractivity contribution in [3.63, 3.8) is 0 Å². The van der Waals surface area contributed by atoms with Gasteiger partial charge in [-0.1, -0.05) is 60.8 Å². The van der Waals surface area contributed by atoms with Gasteiger partial charge in [-0.15, -0.1) is 0 Å². The van der Waals surface area contributed by atoms with Gasteiger partial charge in [-0.05, 0) is 71.8 Å². The molecule has 2 N–H and O–H groups in total. The second kappa shape index (κ2) is 14.8. The van der Waals surface area contributed by atoms with E-state index in [1.54, 1.807) is 19.2 Å². The lowest BCUT2D eigenvalue weighted by Gasteiger charge is -2.32. The molecule has 0 aromatic heterocycles. The molecule has 1 aliphatic heterocycles. The highest BCUT2D eigenvalue weighted by Crippen LogP contribution is 2.44. The number of rotatable bonds is 13. The van der Waals surface area contributed by atoms with Gasteiger partial charge in [0.1, 0.15) is 11.5 Å². The molecular weight excluding hydrogens is 558 g/mol. The molecule has 230 valence electrons. The predicted octanol–water partition coefficient (Wildman–Crippen LogP) is 6.59. The summed E-state index contributed by atoms with van der Waals surface area (Å²) in [4.78, 5) is 22.6. The second-order valence-electron chi connectivity index (χ2n) is 11.3. The highest BCUT2D eigenvalue weighted by atomic mass is 16.5. The number of aliphatic hydroxyl groups is 1. The topological polar surface area (TPSA) is 138 Å². The molecule has 10 heteroatoms. The van der Waals surface area contributed by atoms with Gasteiger partial charge < -0.3 is 24.6 Å². The molecule has 0 unspecified atom stereocenters. The van der Waals surface area contributed by atoms with Crippen LogP contribution in [0.15, 0.2) is 82.9 Å². The zero-order valence-electron chi connectivity index (χ0n) is 25.0. The molecule has 10 nitrogen and oxygen atoms in total. The summed E-state index contributed by atoms with van der Waals surface area (Å²) >= 11 is 0. The van der Waals surface area contributed by atoms with E-state index in [9.17, 15) is 10.3 Å². The summed E-state index contributed by atoms with van der Waals surface area (Å²) in [5.74, 6) is 1.79. The lowest BCUT2D eigenvalue weighted by Crippen LogP contribution is -2.51. The highest BCUT2D eigenvalue weighted by Gasteiger charge is 2.53. The van der Waals surface area contributed by atoms with Gasteiger partial charge in [0.15, 0.2) is 11.6 Å². The molecular formula is C34H39N5O5. The number of nitrogens with zero attached hydrogens (tertiary/aromatic N) is 4. The maximum atomic E-state index is 14.5. The van der Waals surface area contributed by atoms with Gasteiger partial charge in [0.25, 0.3) is 5.91 Å². The first-order chi connectivity index (χ1) is 21.6. The highest BCUT2D eigenvalue weighted by molar-refractivity contribution is 6.01. The van der Waals surface area contributed by atoms with E-state index in [1.165, 1.54) is 19.3 Å². The molecule has 3 aromatic rings. The Kier molecular flexibility index (Phi) is 10.4. The predicted molar refractivity (Wildman–Crippen MR) is 168 cm³/mol. The van der Waals surface area contributed by atoms with Crippen LogP contribution in [0.4, 0.5) is 5.69 Å². The number of methoxy groups -OCH3 is 1. The fraction of sp³-hybridized carbons (Fsp3) is 0.412. The first kappa shape index (κ1) is 30.9. The normalized spacial score (nSPS) is 19.8. The van der Waals surface area contributed by atoms with E-state index in [0.717, 1.165) is 18.4 Å². The fourth-order valence-electron chi connectivity index (χ4n) is 5.96. The number of hydrogen-bond acceptors (Lipinski definition) is 7. The third kappa shape index (κ3) is 7.15. The number of hydrogen-bond donors (Lipinski definition) is 2. The first-order valence-corrected chi connectivity index (χ1v) is 15.2. The Morgan fingerprint density at radius 2 is 1.89 bits per heavy atom. The standard InChI is InChI=1S/C34H39N5O5/c1-42-29-13-7-12-26(21-29)31-34(22-27-11-5-6-14-30(27)38-39-35,33(41)36-23-24-9-3-2-4-10-24)37-32(44-31)25-15-17-28(18-16-25)43-20-8-19-40/h5-7,11-18,21,24,31,40H,2-4,8-10,19-20,22-23H2,1H3,(H,36,41)/t31-,34-/m1/s1. The van der Waals surface area contributed by atoms with E-state index < -0.39 is 11.6 Å². The fourth-order valence-corrected chi connectivity index (χ4v) is 5.96. The average Bonchev–Trinajstić information content (AvgIpc) is 3.46. The van der Waals surface area contributed by atoms with E-state index in [0.29, 0.717) is 59.7 Å². The lowest BCUT2D eigenvalue weighted by molar-refractivity contribution is -0.129. The Morgan fingerprint density at radius 1 is 1.09 bits per heavy atom. The maximum Gasteiger partial charge on any atom is 0.252 e. The third-order valence-corrected chi connectivity index (χ3v) is 8.31. The molecule has 1 aliphatic carbocycles. The van der Waals surface area contributed by atoms with Crippen LogP contribution in [0.1, 0.15) is 61.3 Å². The molecule has 0 bridgehead atoms. The zero-order valence-corrected chi connectivity index (χ0v) is 25.0. The number of benzene rings is 3. The zero-order chi connectivity index (χ0) is 30.8. The van der Waals surface area contributed by atoms with Crippen molar-refractivity contribution in [3.05, 3.63) is 99.9 Å². The SMILES string of the molecule is COc1cccc([C@H]2OC(c3ccc(OCCCO)cc3)=N[C@@]2(Cc2ccccc2N=[N+]=[N-])C(=O)NCC2CCCCC2)c1. The molecule has 5 rings (SSSR count). The number of amides is 1. The third-order valence-electron chi connectivity index (χ3n) is 8.31. The lowest BCUT2D eigenvalue weighted by atomic mass is 9.81. The van der Waals surface area contributed by atoms with Crippen LogP contribution < -0.4 is 14.8 Å². The van der Waals surface area contributed by atoms with Crippen LogP contribution >= 0.6 is 0 Å². The molecule has 2 aliphatic rings. The number of nitrogens with one attached hydrogen (secondary N) is 1. The van der Waals surface area contributed by atoms with Crippen molar-refractivity contribution in [2.45, 2.75) is 56.6 Å². The quantitative estimate of drug-likeness (QED) is 0.0990. The van der Waals surface area contributed by atoms with E-state index in [-0.39, 0.29) is 18.9 Å². The van der Waals surface area contributed by atoms with Gasteiger partial charge in [-0.2, -0.15) is 0 Å². The Bertz CT molecular complexity index is 1500. The van der Waals surface area contributed by atoms with Crippen molar-refractivity contribution >= 4 is 17.5 Å². The Balaban J connectivity index is 1.58. The molecule has 1 saturated carbocycles. The minimum Gasteiger partial charge on any atom is -0.497 e. The molecule has 0 saturated heterocycles. The van der Waals surface area contributed by atoms with Crippen LogP contribution in [-0.4, -0.2) is 49.3 Å². The van der Waals surface area contributed by atoms with Crippen molar-refractivity contribution < 1.29 is 24.1 Å². The van der Waals surface area contributed by atoms with Crippen LogP contribution in [0, 0.1) is 5.92 Å². The summed E-state index contributed by atoms with van der Waals surface area (Å²) in [5.41, 5.74) is 10.4. The minimum absolute atomic E-state index is 0.0576. The van der Waals surface area contributed by atoms with E-state index in [2.05, 4.69) is 15.3 Å². The number of ether oxygens (including phenoxy) is 3. The Labute approximate surface area is 257 Å². The summed E-state index contributed by atoms with van der Waals surface area (Å²) in [6, 6.07) is 22.1. The van der Waals surface area contributed by atoms with Crippen molar-refractivity contribution in [2.75, 3.05) is 26.9 Å². The van der Waals surface area contributed by atoms with Gasteiger partial charge in [-0.3, -0.25) is 4.79 Å². The smallest absolute Gasteiger partial charge is 0.252 e. The van der Waals surface area contributed by atoms with Gasteiger partial charge in [0, 0.05) is 42.2 Å². The number of aliphatic imine (C=N–C) groups is 1. The molecule has 1 heterocycles. The van der Waals surface area contributed by atoms with Crippen molar-refractivity contribution in [2.24, 2.45) is 16.0 Å². The molecule has 1 fully saturated rings. The van der Waals surface area contributed by atoms with Gasteiger partial charge in [-0.25, -0.2) is 4.99 Å². The molecule has 2 atom stereocenters. The average molecular weight is 598 g/mol. The van der Waals surface area contributed by atoms with Crippen molar-refractivity contribution in [1.82, 2.24) is 5.32 Å². The minimum atomic E-state index is -1.41. The molecule has 0 spiro atoms. The Hall–Kier alpha value is -4.53. The van der Waals surface area contributed by atoms with E-state index in [4.69, 9.17) is 24.3 Å². The number of aliphatic hydroxyl groups excluding tert-OH is 1. The summed E-state index contributed by atoms with van der Waals surface area (Å²) in [7, 11) is 1.60. The van der Waals surface area contributed by atoms with Crippen LogP contribution in [-0.2, 0) is 16.0 Å². The molecule has 1 amide bonds. The molecule has 3 aromatic carbocycles. The summed E-state index contributed by atoms with van der Waals surface area (Å²) in [6.07, 6.45) is 5.63. The maximum absolute atomic E-state index is 14.5. The van der Waals surface area contributed by atoms with Crippen molar-refractivity contribution in [3.8, 4) is 11.5 Å².